The maximum Gasteiger partial charge on any atom is 0.351 e. The zero-order valence-electron chi connectivity index (χ0n) is 14.5. The third-order valence-corrected chi connectivity index (χ3v) is 4.39. The highest BCUT2D eigenvalue weighted by atomic mass is 19.1. The molecule has 0 aromatic carbocycles. The Hall–Kier alpha value is -2.08. The molecule has 0 radical (unpaired) electrons. The van der Waals surface area contributed by atoms with E-state index in [1.54, 1.807) is 13.8 Å². The van der Waals surface area contributed by atoms with Crippen molar-refractivity contribution in [1.29, 1.82) is 0 Å². The van der Waals surface area contributed by atoms with Crippen LogP contribution in [0.5, 0.6) is 0 Å². The van der Waals surface area contributed by atoms with Crippen LogP contribution in [0, 0.1) is 5.92 Å². The van der Waals surface area contributed by atoms with Crippen molar-refractivity contribution in [2.75, 3.05) is 18.9 Å². The first-order valence-electron chi connectivity index (χ1n) is 8.10. The lowest BCUT2D eigenvalue weighted by atomic mass is 9.96. The van der Waals surface area contributed by atoms with Gasteiger partial charge < -0.3 is 31.8 Å². The lowest BCUT2D eigenvalue weighted by molar-refractivity contribution is -0.166. The van der Waals surface area contributed by atoms with Gasteiger partial charge in [0.05, 0.1) is 0 Å². The van der Waals surface area contributed by atoms with Gasteiger partial charge in [0.2, 0.25) is 0 Å². The summed E-state index contributed by atoms with van der Waals surface area (Å²) in [6.07, 6.45) is -4.03. The number of aliphatic hydroxyl groups excluding tert-OH is 1. The lowest BCUT2D eigenvalue weighted by Crippen LogP contribution is -2.53. The molecule has 0 aliphatic carbocycles. The van der Waals surface area contributed by atoms with E-state index in [1.165, 1.54) is 12.3 Å². The summed E-state index contributed by atoms with van der Waals surface area (Å²) in [7, 11) is 0. The molecule has 1 unspecified atom stereocenters. The first kappa shape index (κ1) is 20.2. The number of alkyl halides is 1. The largest absolute Gasteiger partial charge is 0.461 e. The van der Waals surface area contributed by atoms with Crippen LogP contribution >= 0.6 is 0 Å². The summed E-state index contributed by atoms with van der Waals surface area (Å²) in [5.41, 5.74) is 14.2. The molecule has 11 heteroatoms. The highest BCUT2D eigenvalue weighted by molar-refractivity contribution is 5.75. The molecule has 7 N–H and O–H groups in total. The van der Waals surface area contributed by atoms with Gasteiger partial charge in [-0.3, -0.25) is 9.36 Å². The van der Waals surface area contributed by atoms with Gasteiger partial charge in [-0.15, -0.1) is 0 Å². The quantitative estimate of drug-likeness (QED) is 0.424. The van der Waals surface area contributed by atoms with Crippen LogP contribution in [0.3, 0.4) is 0 Å². The molecular weight excluding hydrogens is 349 g/mol. The van der Waals surface area contributed by atoms with Gasteiger partial charge in [-0.25, -0.2) is 9.18 Å². The summed E-state index contributed by atoms with van der Waals surface area (Å²) in [5.74, 6) is -0.942. The normalized spacial score (nSPS) is 29.7. The molecule has 1 aliphatic heterocycles. The highest BCUT2D eigenvalue weighted by Gasteiger charge is 2.56. The minimum absolute atomic E-state index is 0.0399. The van der Waals surface area contributed by atoms with Gasteiger partial charge in [-0.2, -0.15) is 4.98 Å². The van der Waals surface area contributed by atoms with Crippen molar-refractivity contribution in [3.05, 3.63) is 22.7 Å². The van der Waals surface area contributed by atoms with Crippen LogP contribution in [0.1, 0.15) is 20.1 Å². The predicted octanol–water partition coefficient (Wildman–Crippen LogP) is -1.72. The molecule has 0 saturated carbocycles. The van der Waals surface area contributed by atoms with Crippen molar-refractivity contribution in [1.82, 2.24) is 9.55 Å². The molecule has 1 saturated heterocycles. The average molecular weight is 373 g/mol. The summed E-state index contributed by atoms with van der Waals surface area (Å²) >= 11 is 0. The third kappa shape index (κ3) is 3.70. The minimum atomic E-state index is -2.00. The monoisotopic (exact) mass is 373 g/mol. The Morgan fingerprint density at radius 1 is 1.58 bits per heavy atom. The Morgan fingerprint density at radius 3 is 2.77 bits per heavy atom. The van der Waals surface area contributed by atoms with E-state index in [4.69, 9.17) is 26.7 Å². The van der Waals surface area contributed by atoms with Gasteiger partial charge in [0, 0.05) is 12.7 Å². The molecule has 1 aromatic rings. The number of carbonyl (C=O) groups excluding carboxylic acids is 1. The van der Waals surface area contributed by atoms with Gasteiger partial charge >= 0.3 is 11.7 Å². The number of esters is 1. The fourth-order valence-electron chi connectivity index (χ4n) is 2.56. The van der Waals surface area contributed by atoms with E-state index in [1.807, 2.05) is 0 Å². The Balaban J connectivity index is 2.21. The number of nitrogens with two attached hydrogens (primary N) is 3. The Morgan fingerprint density at radius 2 is 2.23 bits per heavy atom. The topological polar surface area (TPSA) is 169 Å². The van der Waals surface area contributed by atoms with Crippen LogP contribution in [0.2, 0.25) is 0 Å². The van der Waals surface area contributed by atoms with Crippen molar-refractivity contribution in [3.8, 4) is 0 Å². The van der Waals surface area contributed by atoms with Gasteiger partial charge in [-0.05, 0) is 12.0 Å². The van der Waals surface area contributed by atoms with E-state index in [2.05, 4.69) is 4.98 Å². The molecule has 1 fully saturated rings. The molecule has 0 amide bonds. The number of hydrogen-bond acceptors (Lipinski definition) is 9. The summed E-state index contributed by atoms with van der Waals surface area (Å²) < 4.78 is 26.1. The van der Waals surface area contributed by atoms with E-state index in [9.17, 15) is 19.1 Å². The van der Waals surface area contributed by atoms with Crippen molar-refractivity contribution in [2.24, 2.45) is 17.4 Å². The van der Waals surface area contributed by atoms with Crippen LogP contribution < -0.4 is 22.9 Å². The van der Waals surface area contributed by atoms with E-state index in [0.29, 0.717) is 0 Å². The summed E-state index contributed by atoms with van der Waals surface area (Å²) in [5, 5.41) is 10.3. The predicted molar refractivity (Wildman–Crippen MR) is 89.5 cm³/mol. The second kappa shape index (κ2) is 7.66. The maximum absolute atomic E-state index is 14.6. The van der Waals surface area contributed by atoms with Gasteiger partial charge in [0.15, 0.2) is 12.4 Å². The summed E-state index contributed by atoms with van der Waals surface area (Å²) in [6.45, 7) is 2.60. The number of nitrogens with zero attached hydrogens (tertiary/aromatic N) is 2. The average Bonchev–Trinajstić information content (AvgIpc) is 2.84. The van der Waals surface area contributed by atoms with E-state index < -0.39 is 48.4 Å². The molecular formula is C15H24FN5O5. The van der Waals surface area contributed by atoms with E-state index in [-0.39, 0.29) is 18.3 Å². The van der Waals surface area contributed by atoms with Crippen LogP contribution in [0.25, 0.3) is 0 Å². The van der Waals surface area contributed by atoms with Gasteiger partial charge in [0.25, 0.3) is 0 Å². The van der Waals surface area contributed by atoms with Gasteiger partial charge in [-0.1, -0.05) is 13.8 Å². The molecule has 5 atom stereocenters. The molecule has 1 aromatic heterocycles. The maximum atomic E-state index is 14.6. The standard InChI is InChI=1S/C15H24FN5O5/c1-7(2)10(19)13(23)25-6-15(5-17)11(22)9(16)12(26-15)21-4-3-8(18)20-14(21)24/h3-4,7,9-12,22H,5-6,17,19H2,1-2H3,(H2,18,20,24)/t9-,10?,11+,12-,15-/m1/s1. The van der Waals surface area contributed by atoms with Crippen LogP contribution in [0.15, 0.2) is 17.1 Å². The number of ether oxygens (including phenoxy) is 2. The van der Waals surface area contributed by atoms with E-state index in [0.717, 1.165) is 4.57 Å². The van der Waals surface area contributed by atoms with E-state index >= 15 is 0 Å². The third-order valence-electron chi connectivity index (χ3n) is 4.39. The number of rotatable bonds is 6. The summed E-state index contributed by atoms with van der Waals surface area (Å²) in [4.78, 5) is 27.3. The number of aliphatic hydroxyl groups is 1. The molecule has 0 spiro atoms. The Bertz CT molecular complexity index is 714. The molecule has 1 aliphatic rings. The second-order valence-corrected chi connectivity index (χ2v) is 6.59. The first-order valence-corrected chi connectivity index (χ1v) is 8.10. The number of aromatic nitrogens is 2. The molecule has 146 valence electrons. The van der Waals surface area contributed by atoms with Gasteiger partial charge in [0.1, 0.15) is 30.2 Å². The molecule has 26 heavy (non-hydrogen) atoms. The molecule has 10 nitrogen and oxygen atoms in total. The first-order chi connectivity index (χ1) is 12.1. The Kier molecular flexibility index (Phi) is 5.96. The zero-order chi connectivity index (χ0) is 19.6. The smallest absolute Gasteiger partial charge is 0.351 e. The number of carbonyl (C=O) groups is 1. The Labute approximate surface area is 149 Å². The summed E-state index contributed by atoms with van der Waals surface area (Å²) in [6, 6.07) is 0.401. The van der Waals surface area contributed by atoms with Crippen LogP contribution in [0.4, 0.5) is 10.2 Å². The minimum Gasteiger partial charge on any atom is -0.461 e. The fourth-order valence-corrected chi connectivity index (χ4v) is 2.56. The number of nitrogen functional groups attached to an aromatic ring is 1. The van der Waals surface area contributed by atoms with Crippen molar-refractivity contribution >= 4 is 11.8 Å². The molecule has 0 bridgehead atoms. The number of anilines is 1. The number of halogens is 1. The van der Waals surface area contributed by atoms with Crippen molar-refractivity contribution < 1.29 is 23.8 Å². The fraction of sp³-hybridized carbons (Fsp3) is 0.667. The second-order valence-electron chi connectivity index (χ2n) is 6.59. The lowest BCUT2D eigenvalue weighted by Gasteiger charge is -2.30. The van der Waals surface area contributed by atoms with Crippen LogP contribution in [-0.2, 0) is 14.3 Å². The van der Waals surface area contributed by atoms with Crippen molar-refractivity contribution in [2.45, 2.75) is 44.0 Å². The molecule has 2 heterocycles. The SMILES string of the molecule is CC(C)C(N)C(=O)OC[C@@]1(CN)O[C@@H](n2ccc(N)nc2=O)[C@H](F)[C@@H]1O. The zero-order valence-corrected chi connectivity index (χ0v) is 14.5. The molecule has 2 rings (SSSR count). The highest BCUT2D eigenvalue weighted by Crippen LogP contribution is 2.38. The van der Waals surface area contributed by atoms with Crippen molar-refractivity contribution in [3.63, 3.8) is 0 Å². The number of hydrogen-bond donors (Lipinski definition) is 4. The van der Waals surface area contributed by atoms with Crippen LogP contribution in [-0.4, -0.2) is 57.7 Å².